The molecule has 0 saturated carbocycles. The van der Waals surface area contributed by atoms with Crippen molar-refractivity contribution in [3.8, 4) is 0 Å². The van der Waals surface area contributed by atoms with Crippen molar-refractivity contribution in [1.29, 1.82) is 0 Å². The number of nitrogens with one attached hydrogen (secondary N) is 2. The minimum Gasteiger partial charge on any atom is -0.305 e. The van der Waals surface area contributed by atoms with E-state index in [0.717, 1.165) is 10.9 Å². The molecule has 4 nitrogen and oxygen atoms in total. The number of amides is 1. The Labute approximate surface area is 90.9 Å². The topological polar surface area (TPSA) is 57.8 Å². The molecule has 1 amide bonds. The number of anilines is 1. The number of H-pyrrole nitrogens is 1. The largest absolute Gasteiger partial charge is 0.305 e. The highest BCUT2D eigenvalue weighted by molar-refractivity contribution is 6.31. The fourth-order valence-corrected chi connectivity index (χ4v) is 1.42. The molecule has 2 rings (SSSR count). The van der Waals surface area contributed by atoms with Crippen LogP contribution in [0, 0.1) is 0 Å². The molecule has 15 heavy (non-hydrogen) atoms. The van der Waals surface area contributed by atoms with Gasteiger partial charge in [-0.1, -0.05) is 18.2 Å². The maximum absolute atomic E-state index is 11.1. The van der Waals surface area contributed by atoms with E-state index >= 15 is 0 Å². The van der Waals surface area contributed by atoms with Gasteiger partial charge in [0.05, 0.1) is 5.52 Å². The van der Waals surface area contributed by atoms with Gasteiger partial charge < -0.3 is 5.32 Å². The van der Waals surface area contributed by atoms with Crippen molar-refractivity contribution >= 4 is 34.2 Å². The molecule has 2 N–H and O–H groups in total. The Bertz CT molecular complexity index is 532. The summed E-state index contributed by atoms with van der Waals surface area (Å²) >= 11 is 5.84. The van der Waals surface area contributed by atoms with E-state index in [1.807, 2.05) is 0 Å². The van der Waals surface area contributed by atoms with Crippen LogP contribution >= 0.6 is 11.6 Å². The van der Waals surface area contributed by atoms with Gasteiger partial charge in [-0.25, -0.2) is 0 Å². The van der Waals surface area contributed by atoms with E-state index in [1.165, 1.54) is 6.08 Å². The van der Waals surface area contributed by atoms with Gasteiger partial charge in [0.25, 0.3) is 0 Å². The summed E-state index contributed by atoms with van der Waals surface area (Å²) in [5.41, 5.74) is 0.818. The van der Waals surface area contributed by atoms with Gasteiger partial charge in [-0.05, 0) is 24.3 Å². The minimum absolute atomic E-state index is 0.302. The number of carbonyl (C=O) groups is 1. The summed E-state index contributed by atoms with van der Waals surface area (Å²) in [7, 11) is 0. The van der Waals surface area contributed by atoms with Gasteiger partial charge in [-0.2, -0.15) is 5.10 Å². The maximum atomic E-state index is 11.1. The van der Waals surface area contributed by atoms with Gasteiger partial charge in [0, 0.05) is 10.4 Å². The first-order chi connectivity index (χ1) is 7.20. The number of hydrogen-bond acceptors (Lipinski definition) is 2. The molecule has 0 unspecified atom stereocenters. The molecular weight excluding hydrogens is 214 g/mol. The zero-order valence-electron chi connectivity index (χ0n) is 7.75. The zero-order chi connectivity index (χ0) is 10.8. The molecule has 0 saturated heterocycles. The number of hydrogen-bond donors (Lipinski definition) is 2. The number of halogens is 1. The van der Waals surface area contributed by atoms with Crippen molar-refractivity contribution < 1.29 is 4.79 Å². The Morgan fingerprint density at radius 3 is 3.13 bits per heavy atom. The van der Waals surface area contributed by atoms with Crippen molar-refractivity contribution in [2.75, 3.05) is 5.32 Å². The smallest absolute Gasteiger partial charge is 0.248 e. The second-order valence-corrected chi connectivity index (χ2v) is 3.39. The summed E-state index contributed by atoms with van der Waals surface area (Å²) in [6, 6.07) is 5.29. The van der Waals surface area contributed by atoms with Crippen LogP contribution in [0.15, 0.2) is 30.9 Å². The average molecular weight is 222 g/mol. The standard InChI is InChI=1S/C10H8ClN3O/c1-2-9(15)12-10-7-5-6(11)3-4-8(7)13-14-10/h2-5H,1H2,(H2,12,13,14,15). The first-order valence-corrected chi connectivity index (χ1v) is 4.65. The number of nitrogens with zero attached hydrogens (tertiary/aromatic N) is 1. The summed E-state index contributed by atoms with van der Waals surface area (Å²) in [5.74, 6) is 0.153. The summed E-state index contributed by atoms with van der Waals surface area (Å²) in [5, 5.41) is 10.7. The number of benzene rings is 1. The van der Waals surface area contributed by atoms with Crippen molar-refractivity contribution in [3.63, 3.8) is 0 Å². The van der Waals surface area contributed by atoms with Crippen LogP contribution in [0.25, 0.3) is 10.9 Å². The van der Waals surface area contributed by atoms with E-state index < -0.39 is 0 Å². The predicted molar refractivity (Wildman–Crippen MR) is 59.9 cm³/mol. The SMILES string of the molecule is C=CC(=O)Nc1n[nH]c2ccc(Cl)cc12. The van der Waals surface area contributed by atoms with Crippen LogP contribution in [0.2, 0.25) is 5.02 Å². The van der Waals surface area contributed by atoms with Gasteiger partial charge in [0.15, 0.2) is 5.82 Å². The molecule has 0 radical (unpaired) electrons. The molecule has 76 valence electrons. The summed E-state index contributed by atoms with van der Waals surface area (Å²) < 4.78 is 0. The van der Waals surface area contributed by atoms with Gasteiger partial charge >= 0.3 is 0 Å². The third-order valence-corrected chi connectivity index (χ3v) is 2.19. The maximum Gasteiger partial charge on any atom is 0.248 e. The molecular formula is C10H8ClN3O. The number of aromatic nitrogens is 2. The summed E-state index contributed by atoms with van der Waals surface area (Å²) in [4.78, 5) is 11.1. The number of carbonyl (C=O) groups excluding carboxylic acids is 1. The van der Waals surface area contributed by atoms with E-state index in [1.54, 1.807) is 18.2 Å². The van der Waals surface area contributed by atoms with E-state index in [-0.39, 0.29) is 5.91 Å². The highest BCUT2D eigenvalue weighted by Crippen LogP contribution is 2.23. The van der Waals surface area contributed by atoms with Crippen LogP contribution in [0.3, 0.4) is 0 Å². The van der Waals surface area contributed by atoms with E-state index in [4.69, 9.17) is 11.6 Å². The summed E-state index contributed by atoms with van der Waals surface area (Å²) in [6.07, 6.45) is 1.19. The van der Waals surface area contributed by atoms with Crippen molar-refractivity contribution in [1.82, 2.24) is 10.2 Å². The molecule has 5 heteroatoms. The van der Waals surface area contributed by atoms with E-state index in [0.29, 0.717) is 10.8 Å². The van der Waals surface area contributed by atoms with Gasteiger partial charge in [-0.3, -0.25) is 9.89 Å². The molecule has 0 bridgehead atoms. The molecule has 0 fully saturated rings. The molecule has 0 atom stereocenters. The van der Waals surface area contributed by atoms with Gasteiger partial charge in [0.1, 0.15) is 0 Å². The fourth-order valence-electron chi connectivity index (χ4n) is 1.25. The predicted octanol–water partition coefficient (Wildman–Crippen LogP) is 2.34. The normalized spacial score (nSPS) is 10.2. The monoisotopic (exact) mass is 221 g/mol. The Kier molecular flexibility index (Phi) is 2.43. The average Bonchev–Trinajstić information content (AvgIpc) is 2.61. The third-order valence-electron chi connectivity index (χ3n) is 1.95. The van der Waals surface area contributed by atoms with Crippen molar-refractivity contribution in [2.45, 2.75) is 0 Å². The molecule has 1 aromatic carbocycles. The third kappa shape index (κ3) is 1.85. The quantitative estimate of drug-likeness (QED) is 0.765. The fraction of sp³-hybridized carbons (Fsp3) is 0. The van der Waals surface area contributed by atoms with Gasteiger partial charge in [0.2, 0.25) is 5.91 Å². The lowest BCUT2D eigenvalue weighted by Gasteiger charge is -1.97. The highest BCUT2D eigenvalue weighted by Gasteiger charge is 2.07. The van der Waals surface area contributed by atoms with E-state index in [2.05, 4.69) is 22.1 Å². The van der Waals surface area contributed by atoms with Crippen LogP contribution in [0.5, 0.6) is 0 Å². The van der Waals surface area contributed by atoms with Gasteiger partial charge in [-0.15, -0.1) is 0 Å². The first-order valence-electron chi connectivity index (χ1n) is 4.28. The molecule has 0 aliphatic heterocycles. The number of fused-ring (bicyclic) bond motifs is 1. The van der Waals surface area contributed by atoms with Crippen molar-refractivity contribution in [3.05, 3.63) is 35.9 Å². The molecule has 2 aromatic rings. The lowest BCUT2D eigenvalue weighted by molar-refractivity contribution is -0.111. The number of aromatic amines is 1. The van der Waals surface area contributed by atoms with Crippen LogP contribution in [-0.4, -0.2) is 16.1 Å². The highest BCUT2D eigenvalue weighted by atomic mass is 35.5. The van der Waals surface area contributed by atoms with Crippen LogP contribution in [0.4, 0.5) is 5.82 Å². The molecule has 1 aromatic heterocycles. The second-order valence-electron chi connectivity index (χ2n) is 2.96. The minimum atomic E-state index is -0.302. The Morgan fingerprint density at radius 1 is 1.60 bits per heavy atom. The van der Waals surface area contributed by atoms with E-state index in [9.17, 15) is 4.79 Å². The van der Waals surface area contributed by atoms with Crippen LogP contribution in [0.1, 0.15) is 0 Å². The molecule has 1 heterocycles. The zero-order valence-corrected chi connectivity index (χ0v) is 8.51. The van der Waals surface area contributed by atoms with Crippen LogP contribution in [-0.2, 0) is 4.79 Å². The Morgan fingerprint density at radius 2 is 2.40 bits per heavy atom. The lowest BCUT2D eigenvalue weighted by Crippen LogP contribution is -2.07. The Balaban J connectivity index is 2.47. The lowest BCUT2D eigenvalue weighted by atomic mass is 10.2. The number of rotatable bonds is 2. The molecule has 0 aliphatic rings. The summed E-state index contributed by atoms with van der Waals surface area (Å²) in [6.45, 7) is 3.36. The first kappa shape index (κ1) is 9.73. The molecule has 0 spiro atoms. The Hall–Kier alpha value is -1.81. The second kappa shape index (κ2) is 3.74. The molecule has 0 aliphatic carbocycles. The van der Waals surface area contributed by atoms with Crippen LogP contribution < -0.4 is 5.32 Å². The van der Waals surface area contributed by atoms with Crippen molar-refractivity contribution in [2.24, 2.45) is 0 Å².